The van der Waals surface area contributed by atoms with Gasteiger partial charge in [-0.15, -0.1) is 34.0 Å². The van der Waals surface area contributed by atoms with Crippen LogP contribution in [0.2, 0.25) is 5.02 Å². The SMILES string of the molecule is CCOC(=O)C1=C(CN2CC(F)C2/C=C/C(=O)O)NC(c2nccs2)=N[C@H]1c1ccc(F)cc1Br.CCOC(=O)C1=C(CN2CC(F)C2CCCC(=O)O)NC(c2nccs2)=N[C@H]1c1ccc(F)cc1Br.CCOC(=O)C1=C(CN2CC(F)C2CCCC(=O)O)NC(c2nccs2)=N[C@H]1c1ccc(F)cc1Cl. The molecule has 24 nitrogen and oxygen atoms in total. The predicted molar refractivity (Wildman–Crippen MR) is 395 cm³/mol. The molecule has 6 aliphatic rings. The maximum atomic E-state index is 14.4. The van der Waals surface area contributed by atoms with Crippen molar-refractivity contribution in [2.45, 2.75) is 114 Å². The van der Waals surface area contributed by atoms with Crippen molar-refractivity contribution in [3.63, 3.8) is 0 Å². The number of nitrogens with one attached hydrogen (secondary N) is 3. The van der Waals surface area contributed by atoms with Crippen molar-refractivity contribution in [3.8, 4) is 0 Å². The third-order valence-corrected chi connectivity index (χ3v) is 21.7. The van der Waals surface area contributed by atoms with Crippen molar-refractivity contribution in [1.82, 2.24) is 45.6 Å². The van der Waals surface area contributed by atoms with E-state index in [1.807, 2.05) is 9.80 Å². The van der Waals surface area contributed by atoms with Crippen LogP contribution in [-0.4, -0.2) is 194 Å². The van der Waals surface area contributed by atoms with Gasteiger partial charge >= 0.3 is 35.8 Å². The van der Waals surface area contributed by atoms with Gasteiger partial charge in [-0.3, -0.25) is 39.3 Å². The average molecular weight is 1690 g/mol. The first-order valence-electron chi connectivity index (χ1n) is 33.6. The lowest BCUT2D eigenvalue weighted by atomic mass is 9.92. The molecule has 0 aliphatic carbocycles. The van der Waals surface area contributed by atoms with Crippen molar-refractivity contribution in [2.24, 2.45) is 15.0 Å². The maximum Gasteiger partial charge on any atom is 0.338 e. The maximum absolute atomic E-state index is 14.4. The number of rotatable bonds is 28. The Morgan fingerprint density at radius 3 is 1.21 bits per heavy atom. The van der Waals surface area contributed by atoms with Gasteiger partial charge in [0.2, 0.25) is 0 Å². The molecule has 3 aromatic carbocycles. The van der Waals surface area contributed by atoms with E-state index in [4.69, 9.17) is 56.1 Å². The summed E-state index contributed by atoms with van der Waals surface area (Å²) in [5.74, 6) is -5.02. The van der Waals surface area contributed by atoms with E-state index in [0.29, 0.717) is 101 Å². The van der Waals surface area contributed by atoms with E-state index in [1.165, 1.54) is 82.6 Å². The summed E-state index contributed by atoms with van der Waals surface area (Å²) in [4.78, 5) is 105. The van der Waals surface area contributed by atoms with Gasteiger partial charge in [0.05, 0.1) is 42.6 Å². The number of aromatic nitrogens is 3. The quantitative estimate of drug-likeness (QED) is 0.0115. The van der Waals surface area contributed by atoms with Gasteiger partial charge in [-0.2, -0.15) is 0 Å². The molecular weight excluding hydrogens is 1620 g/mol. The molecule has 0 bridgehead atoms. The number of carboxylic acid groups (broad SMARTS) is 3. The van der Waals surface area contributed by atoms with E-state index >= 15 is 0 Å². The summed E-state index contributed by atoms with van der Waals surface area (Å²) in [5, 5.41) is 43.6. The summed E-state index contributed by atoms with van der Waals surface area (Å²) in [6.07, 6.45) is 5.02. The van der Waals surface area contributed by atoms with Crippen LogP contribution in [0.4, 0.5) is 26.3 Å². The molecule has 0 radical (unpaired) electrons. The number of aliphatic carboxylic acids is 3. The number of hydrogen-bond donors (Lipinski definition) is 6. The lowest BCUT2D eigenvalue weighted by Gasteiger charge is -2.45. The summed E-state index contributed by atoms with van der Waals surface area (Å²) in [5.41, 5.74) is 3.52. The van der Waals surface area contributed by atoms with Crippen molar-refractivity contribution in [2.75, 3.05) is 59.1 Å². The topological polar surface area (TPSA) is 312 Å². The zero-order valence-corrected chi connectivity index (χ0v) is 63.7. The van der Waals surface area contributed by atoms with Crippen molar-refractivity contribution >= 4 is 131 Å². The first kappa shape index (κ1) is 81.0. The summed E-state index contributed by atoms with van der Waals surface area (Å²) in [6, 6.07) is 7.87. The van der Waals surface area contributed by atoms with Gasteiger partial charge in [0.1, 0.15) is 54.1 Å². The predicted octanol–water partition coefficient (Wildman–Crippen LogP) is 12.0. The minimum Gasteiger partial charge on any atom is -0.481 e. The van der Waals surface area contributed by atoms with E-state index < -0.39 is 108 Å². The molecule has 0 spiro atoms. The average Bonchev–Trinajstić information content (AvgIpc) is 1.49. The fourth-order valence-electron chi connectivity index (χ4n) is 12.6. The van der Waals surface area contributed by atoms with E-state index in [-0.39, 0.29) is 93.7 Å². The van der Waals surface area contributed by atoms with Crippen molar-refractivity contribution in [1.29, 1.82) is 0 Å². The lowest BCUT2D eigenvalue weighted by molar-refractivity contribution is -0.140. The molecule has 6 unspecified atom stereocenters. The van der Waals surface area contributed by atoms with Gasteiger partial charge in [0.25, 0.3) is 0 Å². The Morgan fingerprint density at radius 1 is 0.542 bits per heavy atom. The monoisotopic (exact) mass is 1690 g/mol. The normalized spacial score (nSPS) is 22.2. The lowest BCUT2D eigenvalue weighted by Crippen LogP contribution is -2.59. The van der Waals surface area contributed by atoms with E-state index in [0.717, 1.165) is 12.1 Å². The highest BCUT2D eigenvalue weighted by atomic mass is 79.9. The number of esters is 3. The van der Waals surface area contributed by atoms with Crippen LogP contribution in [0.25, 0.3) is 0 Å². The van der Waals surface area contributed by atoms with Gasteiger partial charge in [0, 0.05) is 142 Å². The Balaban J connectivity index is 0.000000172. The van der Waals surface area contributed by atoms with E-state index in [1.54, 1.807) is 66.5 Å². The summed E-state index contributed by atoms with van der Waals surface area (Å²) in [6.45, 7) is 6.28. The molecule has 107 heavy (non-hydrogen) atoms. The van der Waals surface area contributed by atoms with E-state index in [2.05, 4.69) is 62.8 Å². The van der Waals surface area contributed by atoms with Crippen molar-refractivity contribution in [3.05, 3.63) is 198 Å². The van der Waals surface area contributed by atoms with Crippen LogP contribution in [0.15, 0.2) is 159 Å². The fraction of sp³-hybridized carbons (Fsp3) is 0.380. The van der Waals surface area contributed by atoms with E-state index in [9.17, 15) is 55.1 Å². The molecule has 9 atom stereocenters. The molecule has 3 saturated heterocycles. The molecule has 6 N–H and O–H groups in total. The Labute approximate surface area is 643 Å². The summed E-state index contributed by atoms with van der Waals surface area (Å²) < 4.78 is 101. The molecule has 36 heteroatoms. The largest absolute Gasteiger partial charge is 0.481 e. The molecule has 568 valence electrons. The number of benzene rings is 3. The Morgan fingerprint density at radius 2 is 0.897 bits per heavy atom. The van der Waals surface area contributed by atoms with Gasteiger partial charge in [-0.05, 0) is 94.0 Å². The van der Waals surface area contributed by atoms with Crippen LogP contribution in [0.3, 0.4) is 0 Å². The summed E-state index contributed by atoms with van der Waals surface area (Å²) in [7, 11) is 0. The first-order chi connectivity index (χ1) is 51.3. The fourth-order valence-corrected chi connectivity index (χ4v) is 15.8. The number of ether oxygens (including phenoxy) is 3. The second-order valence-electron chi connectivity index (χ2n) is 24.6. The standard InChI is InChI=1S/C24H25BrF2N4O4S.C24H25ClF2N4O4S.C23H21BrF2N4O4S/c2*1-2-35-24(34)20-17(12-31-11-16(27)18(31)4-3-5-19(32)33)29-22(23-28-8-9-36-23)30-21(20)14-7-6-13(26)10-15(14)25;1-2-34-23(33)19-16(11-30-10-15(26)17(30)5-6-18(31)32)28-21(22-27-7-8-35-22)29-20(19)13-4-3-12(25)9-14(13)24/h2*6-10,16,18,21H,2-5,11-12H2,1H3,(H,29,30)(H,32,33);3-9,15,17,20H,2,10-11H2,1H3,(H,28,29)(H,31,32)/b;;6-5+/t2*16?,18?,21-;15?,17?,20-/m000/s1. The number of carboxylic acids is 3. The van der Waals surface area contributed by atoms with Crippen molar-refractivity contribution < 1.29 is 84.6 Å². The van der Waals surface area contributed by atoms with Crippen LogP contribution in [-0.2, 0) is 43.0 Å². The highest BCUT2D eigenvalue weighted by molar-refractivity contribution is 9.10. The molecule has 3 aromatic heterocycles. The van der Waals surface area contributed by atoms with Crippen LogP contribution < -0.4 is 16.0 Å². The van der Waals surface area contributed by atoms with Gasteiger partial charge in [-0.1, -0.05) is 67.7 Å². The third kappa shape index (κ3) is 20.2. The number of carbonyl (C=O) groups is 6. The smallest absolute Gasteiger partial charge is 0.338 e. The Kier molecular flexibility index (Phi) is 28.4. The molecular formula is C71H71Br2ClF6N12O12S3. The van der Waals surface area contributed by atoms with Crippen LogP contribution in [0.1, 0.15) is 109 Å². The number of likely N-dealkylation sites (tertiary alicyclic amines) is 3. The number of thiazole rings is 3. The second kappa shape index (κ2) is 37.5. The molecule has 6 aromatic rings. The Bertz CT molecular complexity index is 4300. The zero-order chi connectivity index (χ0) is 76.8. The first-order valence-corrected chi connectivity index (χ1v) is 38.2. The van der Waals surface area contributed by atoms with Gasteiger partial charge < -0.3 is 45.5 Å². The molecule has 12 rings (SSSR count). The third-order valence-electron chi connectivity index (χ3n) is 17.6. The number of nitrogens with zero attached hydrogens (tertiary/aromatic N) is 9. The highest BCUT2D eigenvalue weighted by Crippen LogP contribution is 2.42. The summed E-state index contributed by atoms with van der Waals surface area (Å²) >= 11 is 17.2. The van der Waals surface area contributed by atoms with Gasteiger partial charge in [-0.25, -0.2) is 60.5 Å². The van der Waals surface area contributed by atoms with Crippen LogP contribution >= 0.6 is 77.5 Å². The number of carbonyl (C=O) groups excluding carboxylic acids is 3. The molecule has 9 heterocycles. The number of aliphatic imine (C=N–C) groups is 3. The number of halogens is 9. The number of amidine groups is 3. The van der Waals surface area contributed by atoms with Gasteiger partial charge in [0.15, 0.2) is 32.5 Å². The molecule has 0 saturated carbocycles. The second-order valence-corrected chi connectivity index (χ2v) is 29.4. The van der Waals surface area contributed by atoms with Crippen LogP contribution in [0.5, 0.6) is 0 Å². The number of alkyl halides is 3. The number of hydrogen-bond acceptors (Lipinski definition) is 24. The minimum atomic E-state index is -1.24. The molecule has 6 aliphatic heterocycles. The Hall–Kier alpha value is -8.55. The minimum absolute atomic E-state index is 0.0341. The highest BCUT2D eigenvalue weighted by Gasteiger charge is 2.45. The molecule has 0 amide bonds. The zero-order valence-electron chi connectivity index (χ0n) is 57.3. The van der Waals surface area contributed by atoms with Crippen LogP contribution in [0, 0.1) is 17.5 Å². The molecule has 3 fully saturated rings.